The molecule has 2 nitrogen and oxygen atoms in total. The zero-order valence-electron chi connectivity index (χ0n) is 9.05. The molecule has 0 radical (unpaired) electrons. The molecule has 15 heavy (non-hydrogen) atoms. The number of aryl methyl sites for hydroxylation is 2. The van der Waals surface area contributed by atoms with Crippen LogP contribution in [0.5, 0.6) is 5.75 Å². The summed E-state index contributed by atoms with van der Waals surface area (Å²) in [6, 6.07) is 5.74. The summed E-state index contributed by atoms with van der Waals surface area (Å²) in [7, 11) is 0. The number of halogens is 1. The van der Waals surface area contributed by atoms with Gasteiger partial charge in [0.1, 0.15) is 5.75 Å². The Labute approximate surface area is 95.2 Å². The fraction of sp³-hybridized carbons (Fsp3) is 0.417. The molecule has 3 heteroatoms. The highest BCUT2D eigenvalue weighted by Crippen LogP contribution is 2.19. The van der Waals surface area contributed by atoms with Gasteiger partial charge in [-0.2, -0.15) is 0 Å². The number of alkyl halides is 1. The zero-order chi connectivity index (χ0) is 11.3. The number of hydrogen-bond donors (Lipinski definition) is 0. The Morgan fingerprint density at radius 1 is 1.40 bits per heavy atom. The van der Waals surface area contributed by atoms with E-state index in [1.54, 1.807) is 0 Å². The van der Waals surface area contributed by atoms with E-state index in [0.29, 0.717) is 24.5 Å². The number of carbonyl (C=O) groups is 1. The van der Waals surface area contributed by atoms with Crippen LogP contribution in [-0.4, -0.2) is 11.8 Å². The molecule has 0 bridgehead atoms. The number of benzene rings is 1. The number of hydrogen-bond acceptors (Lipinski definition) is 2. The first-order chi connectivity index (χ1) is 7.13. The van der Waals surface area contributed by atoms with Crippen LogP contribution in [0.1, 0.15) is 24.0 Å². The number of esters is 1. The lowest BCUT2D eigenvalue weighted by molar-refractivity contribution is -0.134. The van der Waals surface area contributed by atoms with E-state index >= 15 is 0 Å². The third-order valence-electron chi connectivity index (χ3n) is 2.07. The van der Waals surface area contributed by atoms with Gasteiger partial charge in [-0.1, -0.05) is 17.7 Å². The molecule has 0 N–H and O–H groups in total. The summed E-state index contributed by atoms with van der Waals surface area (Å²) in [6.07, 6.45) is 1.03. The fourth-order valence-corrected chi connectivity index (χ4v) is 1.43. The summed E-state index contributed by atoms with van der Waals surface area (Å²) in [4.78, 5) is 11.3. The molecule has 0 amide bonds. The third kappa shape index (κ3) is 3.92. The Morgan fingerprint density at radius 2 is 2.13 bits per heavy atom. The van der Waals surface area contributed by atoms with Gasteiger partial charge in [0, 0.05) is 12.3 Å². The topological polar surface area (TPSA) is 26.3 Å². The van der Waals surface area contributed by atoms with Crippen molar-refractivity contribution in [3.8, 4) is 5.75 Å². The molecule has 0 atom stereocenters. The Hall–Kier alpha value is -1.02. The van der Waals surface area contributed by atoms with Gasteiger partial charge >= 0.3 is 5.97 Å². The number of rotatable bonds is 4. The van der Waals surface area contributed by atoms with E-state index < -0.39 is 0 Å². The van der Waals surface area contributed by atoms with Gasteiger partial charge in [0.05, 0.1) is 0 Å². The molecule has 0 aliphatic rings. The summed E-state index contributed by atoms with van der Waals surface area (Å²) in [5.74, 6) is 0.907. The van der Waals surface area contributed by atoms with Crippen LogP contribution in [0.4, 0.5) is 0 Å². The van der Waals surface area contributed by atoms with Crippen molar-refractivity contribution in [1.29, 1.82) is 0 Å². The third-order valence-corrected chi connectivity index (χ3v) is 2.34. The second kappa shape index (κ2) is 5.76. The van der Waals surface area contributed by atoms with Crippen molar-refractivity contribution in [1.82, 2.24) is 0 Å². The summed E-state index contributed by atoms with van der Waals surface area (Å²) in [6.45, 7) is 3.93. The molecule has 0 spiro atoms. The average Bonchev–Trinajstić information content (AvgIpc) is 2.19. The van der Waals surface area contributed by atoms with Crippen molar-refractivity contribution >= 4 is 17.6 Å². The van der Waals surface area contributed by atoms with Crippen LogP contribution >= 0.6 is 11.6 Å². The lowest BCUT2D eigenvalue weighted by atomic mass is 10.1. The summed E-state index contributed by atoms with van der Waals surface area (Å²) in [5.41, 5.74) is 2.14. The maximum atomic E-state index is 11.3. The fourth-order valence-electron chi connectivity index (χ4n) is 1.30. The van der Waals surface area contributed by atoms with Gasteiger partial charge in [0.2, 0.25) is 0 Å². The van der Waals surface area contributed by atoms with Gasteiger partial charge in [0.15, 0.2) is 0 Å². The molecule has 0 aromatic heterocycles. The first-order valence-electron chi connectivity index (χ1n) is 4.97. The summed E-state index contributed by atoms with van der Waals surface area (Å²) >= 11 is 5.49. The molecule has 1 rings (SSSR count). The van der Waals surface area contributed by atoms with E-state index in [2.05, 4.69) is 0 Å². The molecule has 0 unspecified atom stereocenters. The van der Waals surface area contributed by atoms with Crippen LogP contribution in [0.3, 0.4) is 0 Å². The van der Waals surface area contributed by atoms with E-state index in [1.165, 1.54) is 0 Å². The van der Waals surface area contributed by atoms with Crippen molar-refractivity contribution in [3.63, 3.8) is 0 Å². The molecule has 0 aliphatic heterocycles. The first kappa shape index (κ1) is 12.1. The van der Waals surface area contributed by atoms with E-state index in [9.17, 15) is 4.79 Å². The van der Waals surface area contributed by atoms with Gasteiger partial charge in [-0.25, -0.2) is 0 Å². The first-order valence-corrected chi connectivity index (χ1v) is 5.51. The molecule has 1 aromatic rings. The minimum absolute atomic E-state index is 0.220. The van der Waals surface area contributed by atoms with E-state index in [1.807, 2.05) is 32.0 Å². The maximum absolute atomic E-state index is 11.3. The van der Waals surface area contributed by atoms with Gasteiger partial charge < -0.3 is 4.74 Å². The Balaban J connectivity index is 2.60. The minimum atomic E-state index is -0.220. The van der Waals surface area contributed by atoms with Crippen LogP contribution in [-0.2, 0) is 4.79 Å². The lowest BCUT2D eigenvalue weighted by Gasteiger charge is -2.07. The van der Waals surface area contributed by atoms with Crippen LogP contribution in [0.25, 0.3) is 0 Å². The normalized spacial score (nSPS) is 10.1. The van der Waals surface area contributed by atoms with Crippen LogP contribution in [0.2, 0.25) is 0 Å². The standard InChI is InChI=1S/C12H15ClO2/c1-9-5-6-11(10(2)8-9)15-12(14)4-3-7-13/h5-6,8H,3-4,7H2,1-2H3. The SMILES string of the molecule is Cc1ccc(OC(=O)CCCCl)c(C)c1. The maximum Gasteiger partial charge on any atom is 0.311 e. The minimum Gasteiger partial charge on any atom is -0.426 e. The van der Waals surface area contributed by atoms with Crippen molar-refractivity contribution in [2.24, 2.45) is 0 Å². The van der Waals surface area contributed by atoms with Crippen molar-refractivity contribution < 1.29 is 9.53 Å². The molecule has 0 saturated heterocycles. The summed E-state index contributed by atoms with van der Waals surface area (Å²) < 4.78 is 5.20. The van der Waals surface area contributed by atoms with Gasteiger partial charge in [0.25, 0.3) is 0 Å². The monoisotopic (exact) mass is 226 g/mol. The van der Waals surface area contributed by atoms with Crippen LogP contribution < -0.4 is 4.74 Å². The largest absolute Gasteiger partial charge is 0.426 e. The molecule has 82 valence electrons. The van der Waals surface area contributed by atoms with E-state index in [-0.39, 0.29) is 5.97 Å². The predicted molar refractivity (Wildman–Crippen MR) is 61.5 cm³/mol. The molecule has 0 fully saturated rings. The zero-order valence-corrected chi connectivity index (χ0v) is 9.80. The average molecular weight is 227 g/mol. The molecular weight excluding hydrogens is 212 g/mol. The summed E-state index contributed by atoms with van der Waals surface area (Å²) in [5, 5.41) is 0. The van der Waals surface area contributed by atoms with Crippen molar-refractivity contribution in [2.45, 2.75) is 26.7 Å². The highest BCUT2D eigenvalue weighted by atomic mass is 35.5. The second-order valence-electron chi connectivity index (χ2n) is 3.54. The van der Waals surface area contributed by atoms with Crippen molar-refractivity contribution in [2.75, 3.05) is 5.88 Å². The second-order valence-corrected chi connectivity index (χ2v) is 3.91. The Morgan fingerprint density at radius 3 is 2.73 bits per heavy atom. The lowest BCUT2D eigenvalue weighted by Crippen LogP contribution is -2.08. The number of carbonyl (C=O) groups excluding carboxylic acids is 1. The highest BCUT2D eigenvalue weighted by Gasteiger charge is 2.06. The molecule has 0 aliphatic carbocycles. The molecule has 0 saturated carbocycles. The van der Waals surface area contributed by atoms with Crippen LogP contribution in [0.15, 0.2) is 18.2 Å². The number of ether oxygens (including phenoxy) is 1. The predicted octanol–water partition coefficient (Wildman–Crippen LogP) is 3.23. The van der Waals surface area contributed by atoms with E-state index in [0.717, 1.165) is 11.1 Å². The Kier molecular flexibility index (Phi) is 4.63. The smallest absolute Gasteiger partial charge is 0.311 e. The quantitative estimate of drug-likeness (QED) is 0.448. The molecule has 1 aromatic carbocycles. The Bertz CT molecular complexity index is 347. The van der Waals surface area contributed by atoms with Gasteiger partial charge in [-0.05, 0) is 31.9 Å². The molecular formula is C12H15ClO2. The van der Waals surface area contributed by atoms with E-state index in [4.69, 9.17) is 16.3 Å². The molecule has 0 heterocycles. The van der Waals surface area contributed by atoms with Gasteiger partial charge in [-0.15, -0.1) is 11.6 Å². The highest BCUT2D eigenvalue weighted by molar-refractivity contribution is 6.17. The van der Waals surface area contributed by atoms with Crippen LogP contribution in [0, 0.1) is 13.8 Å². The van der Waals surface area contributed by atoms with Gasteiger partial charge in [-0.3, -0.25) is 4.79 Å². The van der Waals surface area contributed by atoms with Crippen molar-refractivity contribution in [3.05, 3.63) is 29.3 Å².